The van der Waals surface area contributed by atoms with Gasteiger partial charge < -0.3 is 10.1 Å². The Balaban J connectivity index is 1.47. The molecule has 0 bridgehead atoms. The van der Waals surface area contributed by atoms with Gasteiger partial charge in [0.15, 0.2) is 0 Å². The van der Waals surface area contributed by atoms with Gasteiger partial charge in [-0.1, -0.05) is 35.9 Å². The van der Waals surface area contributed by atoms with Crippen LogP contribution in [-0.4, -0.2) is 32.7 Å². The number of benzene rings is 3. The minimum atomic E-state index is -0.525. The third-order valence-electron chi connectivity index (χ3n) is 5.64. The number of ether oxygens (including phenoxy) is 1. The van der Waals surface area contributed by atoms with Crippen molar-refractivity contribution in [1.82, 2.24) is 14.8 Å². The molecule has 1 aliphatic rings. The third kappa shape index (κ3) is 4.62. The smallest absolute Gasteiger partial charge is 0.269 e. The number of non-ortho nitro benzene ring substituents is 1. The molecule has 0 saturated carbocycles. The summed E-state index contributed by atoms with van der Waals surface area (Å²) < 4.78 is 6.95. The van der Waals surface area contributed by atoms with E-state index < -0.39 is 10.8 Å². The molecule has 1 aromatic heterocycles. The van der Waals surface area contributed by atoms with Gasteiger partial charge in [0.2, 0.25) is 5.95 Å². The summed E-state index contributed by atoms with van der Waals surface area (Å²) in [5.41, 5.74) is 2.79. The van der Waals surface area contributed by atoms with Gasteiger partial charge in [0.25, 0.3) is 17.5 Å². The highest BCUT2D eigenvalue weighted by Crippen LogP contribution is 2.34. The summed E-state index contributed by atoms with van der Waals surface area (Å²) in [4.78, 5) is 27.5. The van der Waals surface area contributed by atoms with E-state index in [2.05, 4.69) is 20.7 Å². The van der Waals surface area contributed by atoms with Crippen LogP contribution in [0.4, 0.5) is 17.6 Å². The molecule has 0 fully saturated rings. The number of nitrogens with one attached hydrogen (secondary N) is 2. The summed E-state index contributed by atoms with van der Waals surface area (Å²) in [7, 11) is 1.60. The van der Waals surface area contributed by atoms with Gasteiger partial charge in [-0.2, -0.15) is 4.98 Å². The lowest BCUT2D eigenvalue weighted by Gasteiger charge is -2.24. The summed E-state index contributed by atoms with van der Waals surface area (Å²) in [6.07, 6.45) is 2.01. The van der Waals surface area contributed by atoms with Crippen molar-refractivity contribution in [1.29, 1.82) is 0 Å². The van der Waals surface area contributed by atoms with Gasteiger partial charge in [0.1, 0.15) is 11.8 Å². The number of halogens is 1. The molecule has 180 valence electrons. The molecule has 3 aromatic carbocycles. The highest BCUT2D eigenvalue weighted by Gasteiger charge is 2.26. The van der Waals surface area contributed by atoms with Gasteiger partial charge >= 0.3 is 0 Å². The average molecular weight is 503 g/mol. The fourth-order valence-corrected chi connectivity index (χ4v) is 3.92. The monoisotopic (exact) mass is 502 g/mol. The van der Waals surface area contributed by atoms with Crippen molar-refractivity contribution < 1.29 is 14.5 Å². The molecule has 5 rings (SSSR count). The molecule has 36 heavy (non-hydrogen) atoms. The summed E-state index contributed by atoms with van der Waals surface area (Å²) in [6, 6.07) is 20.0. The number of carbonyl (C=O) groups is 1. The Labute approximate surface area is 210 Å². The number of hydrogen-bond acceptors (Lipinski definition) is 7. The number of amides is 1. The molecule has 0 aliphatic carbocycles. The number of nitro groups is 1. The zero-order chi connectivity index (χ0) is 25.2. The Hall–Kier alpha value is -4.70. The quantitative estimate of drug-likeness (QED) is 0.276. The van der Waals surface area contributed by atoms with Crippen LogP contribution < -0.4 is 15.4 Å². The van der Waals surface area contributed by atoms with Gasteiger partial charge in [-0.05, 0) is 53.6 Å². The second-order valence-corrected chi connectivity index (χ2v) is 8.33. The predicted molar refractivity (Wildman–Crippen MR) is 135 cm³/mol. The maximum Gasteiger partial charge on any atom is 0.269 e. The fourth-order valence-electron chi connectivity index (χ4n) is 3.79. The molecular weight excluding hydrogens is 484 g/mol. The van der Waals surface area contributed by atoms with Crippen LogP contribution in [-0.2, 0) is 0 Å². The molecule has 2 N–H and O–H groups in total. The lowest BCUT2D eigenvalue weighted by Crippen LogP contribution is -2.20. The second kappa shape index (κ2) is 9.51. The van der Waals surface area contributed by atoms with E-state index in [1.807, 2.05) is 42.5 Å². The van der Waals surface area contributed by atoms with Crippen molar-refractivity contribution in [3.63, 3.8) is 0 Å². The van der Waals surface area contributed by atoms with Crippen LogP contribution in [0.5, 0.6) is 5.75 Å². The molecule has 1 aliphatic heterocycles. The zero-order valence-corrected chi connectivity index (χ0v) is 19.6. The molecule has 11 heteroatoms. The first-order valence-electron chi connectivity index (χ1n) is 10.8. The van der Waals surface area contributed by atoms with Crippen LogP contribution in [0, 0.1) is 10.1 Å². The third-order valence-corrected chi connectivity index (χ3v) is 5.90. The van der Waals surface area contributed by atoms with Crippen molar-refractivity contribution in [2.24, 2.45) is 0 Å². The van der Waals surface area contributed by atoms with E-state index in [9.17, 15) is 14.9 Å². The van der Waals surface area contributed by atoms with E-state index in [1.165, 1.54) is 24.3 Å². The van der Waals surface area contributed by atoms with Crippen molar-refractivity contribution in [2.45, 2.75) is 6.04 Å². The Morgan fingerprint density at radius 3 is 2.42 bits per heavy atom. The van der Waals surface area contributed by atoms with Crippen molar-refractivity contribution in [3.8, 4) is 5.75 Å². The van der Waals surface area contributed by atoms with Crippen LogP contribution in [0.15, 0.2) is 78.9 Å². The number of fused-ring (bicyclic) bond motifs is 1. The van der Waals surface area contributed by atoms with E-state index in [0.717, 1.165) is 22.6 Å². The summed E-state index contributed by atoms with van der Waals surface area (Å²) >= 11 is 6.06. The summed E-state index contributed by atoms with van der Waals surface area (Å²) in [6.45, 7) is 0. The number of allylic oxidation sites excluding steroid dienone is 1. The molecule has 10 nitrogen and oxygen atoms in total. The maximum atomic E-state index is 12.7. The van der Waals surface area contributed by atoms with Crippen molar-refractivity contribution in [3.05, 3.63) is 111 Å². The molecule has 0 saturated heterocycles. The molecule has 2 heterocycles. The van der Waals surface area contributed by atoms with Gasteiger partial charge in [-0.15, -0.1) is 5.10 Å². The van der Waals surface area contributed by atoms with Crippen LogP contribution in [0.25, 0.3) is 5.70 Å². The molecule has 4 aromatic rings. The Morgan fingerprint density at radius 1 is 1.08 bits per heavy atom. The standard InChI is InChI=1S/C25H19ClN6O4/c1-36-20-12-6-16(7-13-20)22-14-21(15-2-8-18(26)9-3-15)27-25-29-24(30-31(22)25)28-23(33)17-4-10-19(11-5-17)32(34)35/h2-14,22H,1H3,(H2,27,28,29,30,33)/t22-/m0/s1. The van der Waals surface area contributed by atoms with Crippen LogP contribution in [0.2, 0.25) is 5.02 Å². The zero-order valence-electron chi connectivity index (χ0n) is 18.9. The number of aromatic nitrogens is 3. The van der Waals surface area contributed by atoms with E-state index in [4.69, 9.17) is 16.3 Å². The predicted octanol–water partition coefficient (Wildman–Crippen LogP) is 5.16. The molecule has 0 radical (unpaired) electrons. The first kappa shape index (κ1) is 23.1. The Bertz CT molecular complexity index is 1460. The summed E-state index contributed by atoms with van der Waals surface area (Å²) in [5.74, 6) is 0.761. The van der Waals surface area contributed by atoms with E-state index in [-0.39, 0.29) is 23.2 Å². The van der Waals surface area contributed by atoms with Gasteiger partial charge in [-0.25, -0.2) is 4.68 Å². The number of hydrogen-bond donors (Lipinski definition) is 2. The fraction of sp³-hybridized carbons (Fsp3) is 0.0800. The Kier molecular flexibility index (Phi) is 6.09. The topological polar surface area (TPSA) is 124 Å². The van der Waals surface area contributed by atoms with E-state index in [1.54, 1.807) is 23.9 Å². The first-order chi connectivity index (χ1) is 17.4. The normalized spacial score (nSPS) is 14.3. The lowest BCUT2D eigenvalue weighted by atomic mass is 10.0. The van der Waals surface area contributed by atoms with E-state index >= 15 is 0 Å². The minimum absolute atomic E-state index is 0.0881. The maximum absolute atomic E-state index is 12.7. The molecular formula is C25H19ClN6O4. The highest BCUT2D eigenvalue weighted by molar-refractivity contribution is 6.30. The number of rotatable bonds is 6. The van der Waals surface area contributed by atoms with Crippen LogP contribution in [0.1, 0.15) is 27.5 Å². The first-order valence-corrected chi connectivity index (χ1v) is 11.2. The van der Waals surface area contributed by atoms with Gasteiger partial charge in [-0.3, -0.25) is 20.2 Å². The minimum Gasteiger partial charge on any atom is -0.497 e. The average Bonchev–Trinajstić information content (AvgIpc) is 3.31. The number of carbonyl (C=O) groups excluding carboxylic acids is 1. The van der Waals surface area contributed by atoms with Gasteiger partial charge in [0, 0.05) is 28.4 Å². The number of methoxy groups -OCH3 is 1. The van der Waals surface area contributed by atoms with Crippen molar-refractivity contribution >= 4 is 40.8 Å². The molecule has 0 spiro atoms. The SMILES string of the molecule is COc1ccc([C@@H]2C=C(c3ccc(Cl)cc3)Nc3nc(NC(=O)c4ccc([N+](=O)[O-])cc4)nn32)cc1. The van der Waals surface area contributed by atoms with Crippen molar-refractivity contribution in [2.75, 3.05) is 17.7 Å². The second-order valence-electron chi connectivity index (χ2n) is 7.89. The Morgan fingerprint density at radius 2 is 1.78 bits per heavy atom. The molecule has 0 unspecified atom stereocenters. The largest absolute Gasteiger partial charge is 0.497 e. The number of nitro benzene ring substituents is 1. The molecule has 1 atom stereocenters. The number of anilines is 2. The van der Waals surface area contributed by atoms with E-state index in [0.29, 0.717) is 11.0 Å². The highest BCUT2D eigenvalue weighted by atomic mass is 35.5. The lowest BCUT2D eigenvalue weighted by molar-refractivity contribution is -0.384. The van der Waals surface area contributed by atoms with Crippen LogP contribution in [0.3, 0.4) is 0 Å². The number of nitrogens with zero attached hydrogens (tertiary/aromatic N) is 4. The summed E-state index contributed by atoms with van der Waals surface area (Å²) in [5, 5.41) is 21.9. The van der Waals surface area contributed by atoms with Gasteiger partial charge in [0.05, 0.1) is 12.0 Å². The van der Waals surface area contributed by atoms with Crippen LogP contribution >= 0.6 is 11.6 Å². The molecule has 1 amide bonds.